The molecule has 8 heteroatoms. The summed E-state index contributed by atoms with van der Waals surface area (Å²) in [5, 5.41) is 14.4. The van der Waals surface area contributed by atoms with Gasteiger partial charge in [0.2, 0.25) is 0 Å². The van der Waals surface area contributed by atoms with Gasteiger partial charge in [0, 0.05) is 23.8 Å². The Bertz CT molecular complexity index is 632. The first kappa shape index (κ1) is 17.7. The fourth-order valence-electron chi connectivity index (χ4n) is 2.33. The summed E-state index contributed by atoms with van der Waals surface area (Å²) in [6.45, 7) is 4.19. The number of carbonyl (C=O) groups is 3. The zero-order chi connectivity index (χ0) is 17.7. The van der Waals surface area contributed by atoms with E-state index in [0.29, 0.717) is 17.8 Å². The third kappa shape index (κ3) is 4.69. The van der Waals surface area contributed by atoms with Crippen molar-refractivity contribution in [2.24, 2.45) is 0 Å². The number of benzene rings is 1. The molecule has 3 N–H and O–H groups in total. The van der Waals surface area contributed by atoms with Crippen LogP contribution < -0.4 is 10.6 Å². The minimum Gasteiger partial charge on any atom is -0.479 e. The highest BCUT2D eigenvalue weighted by Gasteiger charge is 2.29. The molecule has 1 unspecified atom stereocenters. The molecule has 0 aromatic heterocycles. The average Bonchev–Trinajstić information content (AvgIpc) is 2.53. The van der Waals surface area contributed by atoms with Crippen molar-refractivity contribution >= 4 is 23.6 Å². The molecule has 0 saturated carbocycles. The topological polar surface area (TPSA) is 108 Å². The smallest absolute Gasteiger partial charge is 0.334 e. The molecule has 8 nitrogen and oxygen atoms in total. The van der Waals surface area contributed by atoms with Crippen LogP contribution in [0.5, 0.6) is 0 Å². The average molecular weight is 335 g/mol. The summed E-state index contributed by atoms with van der Waals surface area (Å²) >= 11 is 0. The van der Waals surface area contributed by atoms with Crippen LogP contribution in [0.1, 0.15) is 24.2 Å². The van der Waals surface area contributed by atoms with E-state index in [1.165, 1.54) is 4.90 Å². The van der Waals surface area contributed by atoms with Crippen molar-refractivity contribution < 1.29 is 24.2 Å². The number of amides is 3. The summed E-state index contributed by atoms with van der Waals surface area (Å²) in [6.07, 6.45) is -1.01. The summed E-state index contributed by atoms with van der Waals surface area (Å²) in [5.41, 5.74) is 0.866. The van der Waals surface area contributed by atoms with Crippen molar-refractivity contribution in [3.63, 3.8) is 0 Å². The summed E-state index contributed by atoms with van der Waals surface area (Å²) in [5.74, 6) is -1.38. The van der Waals surface area contributed by atoms with Crippen LogP contribution in [0.4, 0.5) is 10.5 Å². The molecule has 0 aliphatic carbocycles. The second-order valence-corrected chi connectivity index (χ2v) is 5.78. The van der Waals surface area contributed by atoms with Gasteiger partial charge in [0.15, 0.2) is 6.10 Å². The number of carbonyl (C=O) groups excluding carboxylic acids is 2. The zero-order valence-corrected chi connectivity index (χ0v) is 13.6. The molecule has 1 aliphatic rings. The number of nitrogens with one attached hydrogen (secondary N) is 2. The lowest BCUT2D eigenvalue weighted by Gasteiger charge is -2.31. The molecule has 0 spiro atoms. The molecule has 24 heavy (non-hydrogen) atoms. The number of aliphatic carboxylic acids is 1. The molecular formula is C16H21N3O5. The van der Waals surface area contributed by atoms with Crippen LogP contribution in [0.25, 0.3) is 0 Å². The maximum absolute atomic E-state index is 12.5. The molecule has 2 rings (SSSR count). The molecule has 1 atom stereocenters. The van der Waals surface area contributed by atoms with Gasteiger partial charge < -0.3 is 25.4 Å². The lowest BCUT2D eigenvalue weighted by atomic mass is 10.1. The first-order chi connectivity index (χ1) is 11.4. The van der Waals surface area contributed by atoms with Crippen molar-refractivity contribution in [1.29, 1.82) is 0 Å². The highest BCUT2D eigenvalue weighted by molar-refractivity contribution is 5.97. The van der Waals surface area contributed by atoms with Crippen LogP contribution >= 0.6 is 0 Å². The molecule has 1 aliphatic heterocycles. The molecule has 130 valence electrons. The molecule has 1 aromatic carbocycles. The number of hydrogen-bond donors (Lipinski definition) is 3. The van der Waals surface area contributed by atoms with E-state index in [4.69, 9.17) is 9.84 Å². The van der Waals surface area contributed by atoms with E-state index in [-0.39, 0.29) is 31.1 Å². The normalized spacial score (nSPS) is 17.5. The van der Waals surface area contributed by atoms with Gasteiger partial charge in [0.25, 0.3) is 5.91 Å². The summed E-state index contributed by atoms with van der Waals surface area (Å²) in [7, 11) is 0. The molecule has 0 bridgehead atoms. The maximum Gasteiger partial charge on any atom is 0.334 e. The lowest BCUT2D eigenvalue weighted by Crippen LogP contribution is -2.48. The number of nitrogens with zero attached hydrogens (tertiary/aromatic N) is 1. The Morgan fingerprint density at radius 1 is 1.33 bits per heavy atom. The van der Waals surface area contributed by atoms with E-state index in [1.54, 1.807) is 24.3 Å². The Balaban J connectivity index is 2.06. The van der Waals surface area contributed by atoms with E-state index in [9.17, 15) is 14.4 Å². The van der Waals surface area contributed by atoms with Gasteiger partial charge in [-0.1, -0.05) is 6.07 Å². The Morgan fingerprint density at radius 2 is 2.08 bits per heavy atom. The van der Waals surface area contributed by atoms with Crippen LogP contribution in [0.15, 0.2) is 24.3 Å². The quantitative estimate of drug-likeness (QED) is 0.765. The van der Waals surface area contributed by atoms with Gasteiger partial charge in [-0.25, -0.2) is 9.59 Å². The van der Waals surface area contributed by atoms with Gasteiger partial charge in [-0.05, 0) is 32.0 Å². The number of morpholine rings is 1. The van der Waals surface area contributed by atoms with Gasteiger partial charge in [0.1, 0.15) is 0 Å². The zero-order valence-electron chi connectivity index (χ0n) is 13.6. The Hall–Kier alpha value is -2.61. The van der Waals surface area contributed by atoms with Gasteiger partial charge in [-0.15, -0.1) is 0 Å². The predicted molar refractivity (Wildman–Crippen MR) is 87.0 cm³/mol. The molecule has 1 saturated heterocycles. The second-order valence-electron chi connectivity index (χ2n) is 5.78. The maximum atomic E-state index is 12.5. The number of anilines is 1. The van der Waals surface area contributed by atoms with Crippen LogP contribution in [0.3, 0.4) is 0 Å². The molecule has 1 heterocycles. The van der Waals surface area contributed by atoms with Gasteiger partial charge in [-0.2, -0.15) is 0 Å². The SMILES string of the molecule is CC(C)NC(=O)Nc1cccc(C(=O)N2CCOC(C(=O)O)C2)c1. The fourth-order valence-corrected chi connectivity index (χ4v) is 2.33. The highest BCUT2D eigenvalue weighted by atomic mass is 16.5. The van der Waals surface area contributed by atoms with Crippen LogP contribution in [0.2, 0.25) is 0 Å². The lowest BCUT2D eigenvalue weighted by molar-refractivity contribution is -0.154. The summed E-state index contributed by atoms with van der Waals surface area (Å²) in [6, 6.07) is 6.17. The molecule has 1 aromatic rings. The van der Waals surface area contributed by atoms with Crippen LogP contribution in [-0.4, -0.2) is 59.8 Å². The molecule has 1 fully saturated rings. The molecule has 3 amide bonds. The standard InChI is InChI=1S/C16H21N3O5/c1-10(2)17-16(23)18-12-5-3-4-11(8-12)14(20)19-6-7-24-13(9-19)15(21)22/h3-5,8,10,13H,6-7,9H2,1-2H3,(H,21,22)(H2,17,18,23). The minimum absolute atomic E-state index is 0.000339. The van der Waals surface area contributed by atoms with Crippen LogP contribution in [0, 0.1) is 0 Å². The summed E-state index contributed by atoms with van der Waals surface area (Å²) in [4.78, 5) is 36.7. The molecule has 0 radical (unpaired) electrons. The Kier molecular flexibility index (Phi) is 5.75. The fraction of sp³-hybridized carbons (Fsp3) is 0.438. The van der Waals surface area contributed by atoms with E-state index >= 15 is 0 Å². The second kappa shape index (κ2) is 7.78. The largest absolute Gasteiger partial charge is 0.479 e. The number of carboxylic acid groups (broad SMARTS) is 1. The van der Waals surface area contributed by atoms with Crippen molar-refractivity contribution in [1.82, 2.24) is 10.2 Å². The van der Waals surface area contributed by atoms with Gasteiger partial charge in [0.05, 0.1) is 13.2 Å². The Labute approximate surface area is 139 Å². The van der Waals surface area contributed by atoms with Gasteiger partial charge in [-0.3, -0.25) is 4.79 Å². The highest BCUT2D eigenvalue weighted by Crippen LogP contribution is 2.15. The third-order valence-electron chi connectivity index (χ3n) is 3.42. The van der Waals surface area contributed by atoms with E-state index in [1.807, 2.05) is 13.8 Å². The minimum atomic E-state index is -1.09. The van der Waals surface area contributed by atoms with Crippen molar-refractivity contribution in [2.45, 2.75) is 26.0 Å². The number of ether oxygens (including phenoxy) is 1. The van der Waals surface area contributed by atoms with Crippen molar-refractivity contribution in [3.8, 4) is 0 Å². The van der Waals surface area contributed by atoms with E-state index < -0.39 is 12.1 Å². The number of hydrogen-bond acceptors (Lipinski definition) is 4. The monoisotopic (exact) mass is 335 g/mol. The summed E-state index contributed by atoms with van der Waals surface area (Å²) < 4.78 is 5.11. The van der Waals surface area contributed by atoms with E-state index in [2.05, 4.69) is 10.6 Å². The first-order valence-electron chi connectivity index (χ1n) is 7.68. The number of carboxylic acids is 1. The first-order valence-corrected chi connectivity index (χ1v) is 7.68. The van der Waals surface area contributed by atoms with Crippen LogP contribution in [-0.2, 0) is 9.53 Å². The van der Waals surface area contributed by atoms with Crippen molar-refractivity contribution in [2.75, 3.05) is 25.0 Å². The molecular weight excluding hydrogens is 314 g/mol. The number of urea groups is 1. The Morgan fingerprint density at radius 3 is 2.75 bits per heavy atom. The third-order valence-corrected chi connectivity index (χ3v) is 3.42. The predicted octanol–water partition coefficient (Wildman–Crippen LogP) is 1.14. The van der Waals surface area contributed by atoms with E-state index in [0.717, 1.165) is 0 Å². The number of rotatable bonds is 4. The van der Waals surface area contributed by atoms with Gasteiger partial charge >= 0.3 is 12.0 Å². The van der Waals surface area contributed by atoms with Crippen molar-refractivity contribution in [3.05, 3.63) is 29.8 Å².